The van der Waals surface area contributed by atoms with Crippen molar-refractivity contribution < 1.29 is 0 Å². The monoisotopic (exact) mass is 243 g/mol. The molecule has 1 saturated carbocycles. The predicted octanol–water partition coefficient (Wildman–Crippen LogP) is 4.01. The summed E-state index contributed by atoms with van der Waals surface area (Å²) < 4.78 is 0. The van der Waals surface area contributed by atoms with E-state index in [1.165, 1.54) is 70.8 Å². The van der Waals surface area contributed by atoms with E-state index in [1.54, 1.807) is 0 Å². The molecule has 3 rings (SSSR count). The van der Waals surface area contributed by atoms with Crippen LogP contribution in [0.3, 0.4) is 0 Å². The molecule has 94 valence electrons. The Labute approximate surface area is 106 Å². The van der Waals surface area contributed by atoms with Crippen LogP contribution in [0.5, 0.6) is 0 Å². The predicted molar refractivity (Wildman–Crippen MR) is 71.2 cm³/mol. The standard InChI is InChI=1S/C14H25N.ClH/c1-2-6-12(7-3-1)14-10-4-8-13-9-5-11-15(13)14;/h12-14H,1-11H2;1H. The lowest BCUT2D eigenvalue weighted by Gasteiger charge is -2.43. The summed E-state index contributed by atoms with van der Waals surface area (Å²) in [6, 6.07) is 1.98. The maximum atomic E-state index is 2.90. The fourth-order valence-electron chi connectivity index (χ4n) is 4.36. The average Bonchev–Trinajstić information content (AvgIpc) is 2.78. The lowest BCUT2D eigenvalue weighted by molar-refractivity contribution is 0.0639. The first-order valence-corrected chi connectivity index (χ1v) is 7.21. The lowest BCUT2D eigenvalue weighted by atomic mass is 9.79. The van der Waals surface area contributed by atoms with Crippen LogP contribution in [-0.2, 0) is 0 Å². The van der Waals surface area contributed by atoms with E-state index in [-0.39, 0.29) is 12.4 Å². The van der Waals surface area contributed by atoms with E-state index >= 15 is 0 Å². The molecule has 1 aliphatic carbocycles. The van der Waals surface area contributed by atoms with Crippen molar-refractivity contribution in [3.63, 3.8) is 0 Å². The van der Waals surface area contributed by atoms with Gasteiger partial charge in [0, 0.05) is 12.1 Å². The Morgan fingerprint density at radius 2 is 1.44 bits per heavy atom. The largest absolute Gasteiger partial charge is 0.297 e. The van der Waals surface area contributed by atoms with Gasteiger partial charge >= 0.3 is 0 Å². The summed E-state index contributed by atoms with van der Waals surface area (Å²) in [5.74, 6) is 1.07. The number of rotatable bonds is 1. The van der Waals surface area contributed by atoms with Gasteiger partial charge in [-0.3, -0.25) is 4.90 Å². The average molecular weight is 244 g/mol. The van der Waals surface area contributed by atoms with Crippen molar-refractivity contribution in [2.45, 2.75) is 76.3 Å². The highest BCUT2D eigenvalue weighted by atomic mass is 35.5. The molecule has 2 heteroatoms. The van der Waals surface area contributed by atoms with Gasteiger partial charge in [0.25, 0.3) is 0 Å². The van der Waals surface area contributed by atoms with Gasteiger partial charge in [-0.05, 0) is 51.0 Å². The van der Waals surface area contributed by atoms with Crippen molar-refractivity contribution >= 4 is 12.4 Å². The van der Waals surface area contributed by atoms with Gasteiger partial charge in [-0.2, -0.15) is 0 Å². The van der Waals surface area contributed by atoms with E-state index < -0.39 is 0 Å². The Morgan fingerprint density at radius 3 is 2.25 bits per heavy atom. The van der Waals surface area contributed by atoms with Crippen LogP contribution in [-0.4, -0.2) is 23.5 Å². The van der Waals surface area contributed by atoms with E-state index in [2.05, 4.69) is 4.90 Å². The van der Waals surface area contributed by atoms with E-state index in [4.69, 9.17) is 0 Å². The van der Waals surface area contributed by atoms with Crippen molar-refractivity contribution in [1.82, 2.24) is 4.90 Å². The molecule has 2 atom stereocenters. The van der Waals surface area contributed by atoms with Crippen LogP contribution < -0.4 is 0 Å². The third kappa shape index (κ3) is 2.41. The van der Waals surface area contributed by atoms with Crippen LogP contribution in [0, 0.1) is 5.92 Å². The second-order valence-corrected chi connectivity index (χ2v) is 5.93. The molecule has 2 aliphatic heterocycles. The topological polar surface area (TPSA) is 3.24 Å². The van der Waals surface area contributed by atoms with Crippen LogP contribution in [0.4, 0.5) is 0 Å². The number of piperidine rings is 1. The van der Waals surface area contributed by atoms with E-state index in [0.717, 1.165) is 18.0 Å². The molecule has 2 unspecified atom stereocenters. The second-order valence-electron chi connectivity index (χ2n) is 5.93. The maximum absolute atomic E-state index is 2.90. The first-order valence-electron chi connectivity index (χ1n) is 7.21. The van der Waals surface area contributed by atoms with Gasteiger partial charge in [0.15, 0.2) is 0 Å². The summed E-state index contributed by atoms with van der Waals surface area (Å²) >= 11 is 0. The van der Waals surface area contributed by atoms with Crippen LogP contribution in [0.2, 0.25) is 0 Å². The minimum Gasteiger partial charge on any atom is -0.297 e. The third-order valence-corrected chi connectivity index (χ3v) is 5.08. The van der Waals surface area contributed by atoms with E-state index in [1.807, 2.05) is 0 Å². The molecule has 0 N–H and O–H groups in total. The van der Waals surface area contributed by atoms with Crippen LogP contribution in [0.25, 0.3) is 0 Å². The molecule has 0 spiro atoms. The highest BCUT2D eigenvalue weighted by molar-refractivity contribution is 5.85. The van der Waals surface area contributed by atoms with Crippen molar-refractivity contribution in [2.24, 2.45) is 5.92 Å². The first-order chi connectivity index (χ1) is 7.45. The van der Waals surface area contributed by atoms with Crippen LogP contribution in [0.15, 0.2) is 0 Å². The number of nitrogens with zero attached hydrogens (tertiary/aromatic N) is 1. The molecule has 0 bridgehead atoms. The number of fused-ring (bicyclic) bond motifs is 1. The summed E-state index contributed by atoms with van der Waals surface area (Å²) in [7, 11) is 0. The number of halogens is 1. The van der Waals surface area contributed by atoms with Crippen LogP contribution in [0.1, 0.15) is 64.2 Å². The zero-order valence-electron chi connectivity index (χ0n) is 10.4. The minimum atomic E-state index is 0. The zero-order chi connectivity index (χ0) is 10.1. The second kappa shape index (κ2) is 5.73. The summed E-state index contributed by atoms with van der Waals surface area (Å²) in [5.41, 5.74) is 0. The normalized spacial score (nSPS) is 36.8. The first kappa shape index (κ1) is 12.7. The van der Waals surface area contributed by atoms with Gasteiger partial charge in [0.05, 0.1) is 0 Å². The smallest absolute Gasteiger partial charge is 0.0126 e. The molecule has 0 aromatic heterocycles. The summed E-state index contributed by atoms with van der Waals surface area (Å²) in [6.45, 7) is 1.42. The summed E-state index contributed by atoms with van der Waals surface area (Å²) in [4.78, 5) is 2.90. The van der Waals surface area contributed by atoms with E-state index in [0.29, 0.717) is 0 Å². The highest BCUT2D eigenvalue weighted by Crippen LogP contribution is 2.38. The molecule has 0 aromatic rings. The molecule has 2 heterocycles. The zero-order valence-corrected chi connectivity index (χ0v) is 11.2. The van der Waals surface area contributed by atoms with Gasteiger partial charge in [-0.25, -0.2) is 0 Å². The maximum Gasteiger partial charge on any atom is 0.0126 e. The Kier molecular flexibility index (Phi) is 4.55. The van der Waals surface area contributed by atoms with Crippen molar-refractivity contribution in [2.75, 3.05) is 6.54 Å². The molecule has 0 aromatic carbocycles. The molecule has 3 fully saturated rings. The van der Waals surface area contributed by atoms with Gasteiger partial charge in [-0.1, -0.05) is 25.7 Å². The molecule has 0 radical (unpaired) electrons. The van der Waals surface area contributed by atoms with E-state index in [9.17, 15) is 0 Å². The molecule has 0 amide bonds. The summed E-state index contributed by atoms with van der Waals surface area (Å²) in [6.07, 6.45) is 15.1. The Morgan fingerprint density at radius 1 is 0.688 bits per heavy atom. The van der Waals surface area contributed by atoms with Gasteiger partial charge in [-0.15, -0.1) is 12.4 Å². The fourth-order valence-corrected chi connectivity index (χ4v) is 4.36. The van der Waals surface area contributed by atoms with Crippen LogP contribution >= 0.6 is 12.4 Å². The fraction of sp³-hybridized carbons (Fsp3) is 1.00. The number of hydrogen-bond donors (Lipinski definition) is 0. The highest BCUT2D eigenvalue weighted by Gasteiger charge is 2.37. The Hall–Kier alpha value is 0.250. The molecular weight excluding hydrogens is 218 g/mol. The molecular formula is C14H26ClN. The van der Waals surface area contributed by atoms with Crippen molar-refractivity contribution in [3.05, 3.63) is 0 Å². The quantitative estimate of drug-likeness (QED) is 0.673. The summed E-state index contributed by atoms with van der Waals surface area (Å²) in [5, 5.41) is 0. The molecule has 1 nitrogen and oxygen atoms in total. The molecule has 3 aliphatic rings. The van der Waals surface area contributed by atoms with Gasteiger partial charge in [0.1, 0.15) is 0 Å². The Balaban J connectivity index is 0.000000963. The number of hydrogen-bond acceptors (Lipinski definition) is 1. The third-order valence-electron chi connectivity index (χ3n) is 5.08. The minimum absolute atomic E-state index is 0. The SMILES string of the molecule is C1CCC(C2CCCC3CCCN32)CC1.Cl. The van der Waals surface area contributed by atoms with Gasteiger partial charge in [0.2, 0.25) is 0 Å². The Bertz CT molecular complexity index is 213. The molecule has 2 saturated heterocycles. The van der Waals surface area contributed by atoms with Crippen molar-refractivity contribution in [3.8, 4) is 0 Å². The lowest BCUT2D eigenvalue weighted by Crippen LogP contribution is -2.47. The molecule has 16 heavy (non-hydrogen) atoms. The van der Waals surface area contributed by atoms with Gasteiger partial charge < -0.3 is 0 Å². The van der Waals surface area contributed by atoms with Crippen molar-refractivity contribution in [1.29, 1.82) is 0 Å².